The lowest BCUT2D eigenvalue weighted by molar-refractivity contribution is 0.201. The Morgan fingerprint density at radius 1 is 0.952 bits per heavy atom. The first-order chi connectivity index (χ1) is 9.79. The van der Waals surface area contributed by atoms with Crippen LogP contribution in [0.2, 0.25) is 0 Å². The van der Waals surface area contributed by atoms with E-state index in [1.165, 1.54) is 0 Å². The molecule has 0 saturated carbocycles. The largest absolute Gasteiger partial charge is 0.387 e. The van der Waals surface area contributed by atoms with Crippen LogP contribution in [-0.2, 0) is 9.84 Å². The zero-order valence-electron chi connectivity index (χ0n) is 12.5. The highest BCUT2D eigenvalue weighted by Gasteiger charge is 2.21. The minimum absolute atomic E-state index is 0.261. The van der Waals surface area contributed by atoms with E-state index in [0.717, 1.165) is 16.7 Å². The molecular weight excluding hydrogens is 284 g/mol. The molecule has 2 aromatic rings. The molecule has 0 aliphatic rings. The van der Waals surface area contributed by atoms with Crippen LogP contribution in [0.3, 0.4) is 0 Å². The summed E-state index contributed by atoms with van der Waals surface area (Å²) in [6.07, 6.45) is -1.02. The second-order valence-corrected chi connectivity index (χ2v) is 7.49. The maximum absolute atomic E-state index is 12.4. The van der Waals surface area contributed by atoms with Gasteiger partial charge in [-0.05, 0) is 49.6 Å². The van der Waals surface area contributed by atoms with Crippen molar-refractivity contribution >= 4 is 9.84 Å². The Hall–Kier alpha value is -1.65. The average molecular weight is 304 g/mol. The van der Waals surface area contributed by atoms with Gasteiger partial charge in [0.25, 0.3) is 0 Å². The predicted octanol–water partition coefficient (Wildman–Crippen LogP) is 3.12. The number of aryl methyl sites for hydroxylation is 3. The smallest absolute Gasteiger partial charge is 0.181 e. The SMILES string of the molecule is Cc1ccc(C(O)CS(=O)(=O)c2ccc(C)c(C)c2)cc1. The van der Waals surface area contributed by atoms with Crippen LogP contribution in [0.15, 0.2) is 47.4 Å². The summed E-state index contributed by atoms with van der Waals surface area (Å²) < 4.78 is 24.8. The second kappa shape index (κ2) is 6.00. The lowest BCUT2D eigenvalue weighted by Gasteiger charge is -2.13. The highest BCUT2D eigenvalue weighted by molar-refractivity contribution is 7.91. The number of hydrogen-bond acceptors (Lipinski definition) is 3. The first-order valence-corrected chi connectivity index (χ1v) is 8.49. The van der Waals surface area contributed by atoms with Crippen molar-refractivity contribution in [3.8, 4) is 0 Å². The Morgan fingerprint density at radius 2 is 1.57 bits per heavy atom. The summed E-state index contributed by atoms with van der Waals surface area (Å²) in [5, 5.41) is 10.2. The molecule has 0 spiro atoms. The Morgan fingerprint density at radius 3 is 2.14 bits per heavy atom. The fourth-order valence-electron chi connectivity index (χ4n) is 2.10. The molecule has 0 aliphatic carbocycles. The first kappa shape index (κ1) is 15.7. The molecule has 21 heavy (non-hydrogen) atoms. The maximum Gasteiger partial charge on any atom is 0.181 e. The molecule has 112 valence electrons. The first-order valence-electron chi connectivity index (χ1n) is 6.84. The third-order valence-corrected chi connectivity index (χ3v) is 5.40. The molecule has 0 heterocycles. The monoisotopic (exact) mass is 304 g/mol. The van der Waals surface area contributed by atoms with E-state index < -0.39 is 15.9 Å². The van der Waals surface area contributed by atoms with Crippen molar-refractivity contribution in [2.75, 3.05) is 5.75 Å². The van der Waals surface area contributed by atoms with E-state index in [9.17, 15) is 13.5 Å². The normalized spacial score (nSPS) is 13.1. The van der Waals surface area contributed by atoms with Crippen molar-refractivity contribution in [3.63, 3.8) is 0 Å². The van der Waals surface area contributed by atoms with Crippen molar-refractivity contribution < 1.29 is 13.5 Å². The highest BCUT2D eigenvalue weighted by atomic mass is 32.2. The molecule has 0 fully saturated rings. The van der Waals surface area contributed by atoms with Crippen LogP contribution in [0.4, 0.5) is 0 Å². The highest BCUT2D eigenvalue weighted by Crippen LogP contribution is 2.22. The standard InChI is InChI=1S/C17H20O3S/c1-12-4-7-15(8-5-12)17(18)11-21(19,20)16-9-6-13(2)14(3)10-16/h4-10,17-18H,11H2,1-3H3. The van der Waals surface area contributed by atoms with Crippen molar-refractivity contribution in [1.82, 2.24) is 0 Å². The van der Waals surface area contributed by atoms with E-state index in [2.05, 4.69) is 0 Å². The summed E-state index contributed by atoms with van der Waals surface area (Å²) in [6.45, 7) is 5.76. The number of sulfone groups is 1. The van der Waals surface area contributed by atoms with E-state index in [1.807, 2.05) is 32.9 Å². The molecule has 0 amide bonds. The maximum atomic E-state index is 12.4. The zero-order chi connectivity index (χ0) is 15.6. The molecule has 1 unspecified atom stereocenters. The summed E-state index contributed by atoms with van der Waals surface area (Å²) in [6, 6.07) is 12.3. The summed E-state index contributed by atoms with van der Waals surface area (Å²) in [5.41, 5.74) is 3.67. The summed E-state index contributed by atoms with van der Waals surface area (Å²) in [5.74, 6) is -0.307. The number of hydrogen-bond donors (Lipinski definition) is 1. The molecule has 1 atom stereocenters. The van der Waals surface area contributed by atoms with E-state index in [1.54, 1.807) is 30.3 Å². The van der Waals surface area contributed by atoms with Crippen LogP contribution in [0.25, 0.3) is 0 Å². The number of aliphatic hydroxyl groups is 1. The summed E-state index contributed by atoms with van der Waals surface area (Å²) in [4.78, 5) is 0.261. The van der Waals surface area contributed by atoms with Gasteiger partial charge in [0.1, 0.15) is 0 Å². The number of rotatable bonds is 4. The van der Waals surface area contributed by atoms with Crippen LogP contribution in [0, 0.1) is 20.8 Å². The van der Waals surface area contributed by atoms with Crippen LogP contribution in [-0.4, -0.2) is 19.3 Å². The van der Waals surface area contributed by atoms with Gasteiger partial charge in [0.15, 0.2) is 9.84 Å². The second-order valence-electron chi connectivity index (χ2n) is 5.45. The number of benzene rings is 2. The molecule has 0 bridgehead atoms. The topological polar surface area (TPSA) is 54.4 Å². The molecule has 2 rings (SSSR count). The van der Waals surface area contributed by atoms with Gasteiger partial charge < -0.3 is 5.11 Å². The van der Waals surface area contributed by atoms with Crippen LogP contribution >= 0.6 is 0 Å². The van der Waals surface area contributed by atoms with E-state index >= 15 is 0 Å². The van der Waals surface area contributed by atoms with Crippen molar-refractivity contribution in [3.05, 3.63) is 64.7 Å². The summed E-state index contributed by atoms with van der Waals surface area (Å²) >= 11 is 0. The van der Waals surface area contributed by atoms with E-state index in [-0.39, 0.29) is 10.6 Å². The third-order valence-electron chi connectivity index (χ3n) is 3.68. The van der Waals surface area contributed by atoms with Gasteiger partial charge in [0.2, 0.25) is 0 Å². The van der Waals surface area contributed by atoms with E-state index in [4.69, 9.17) is 0 Å². The number of aliphatic hydroxyl groups excluding tert-OH is 1. The van der Waals surface area contributed by atoms with Gasteiger partial charge in [-0.3, -0.25) is 0 Å². The predicted molar refractivity (Wildman–Crippen MR) is 84.1 cm³/mol. The van der Waals surface area contributed by atoms with Crippen LogP contribution < -0.4 is 0 Å². The van der Waals surface area contributed by atoms with Crippen molar-refractivity contribution in [2.24, 2.45) is 0 Å². The lowest BCUT2D eigenvalue weighted by atomic mass is 10.1. The zero-order valence-corrected chi connectivity index (χ0v) is 13.3. The molecule has 4 heteroatoms. The van der Waals surface area contributed by atoms with Gasteiger partial charge in [0.05, 0.1) is 16.8 Å². The average Bonchev–Trinajstić information content (AvgIpc) is 2.42. The van der Waals surface area contributed by atoms with Gasteiger partial charge >= 0.3 is 0 Å². The fourth-order valence-corrected chi connectivity index (χ4v) is 3.53. The molecule has 1 N–H and O–H groups in total. The minimum Gasteiger partial charge on any atom is -0.387 e. The van der Waals surface area contributed by atoms with Gasteiger partial charge in [-0.25, -0.2) is 8.42 Å². The van der Waals surface area contributed by atoms with Gasteiger partial charge in [0, 0.05) is 0 Å². The third kappa shape index (κ3) is 3.71. The molecule has 3 nitrogen and oxygen atoms in total. The molecule has 0 radical (unpaired) electrons. The van der Waals surface area contributed by atoms with Gasteiger partial charge in [-0.2, -0.15) is 0 Å². The molecular formula is C17H20O3S. The Labute approximate surface area is 126 Å². The quantitative estimate of drug-likeness (QED) is 0.944. The molecule has 2 aromatic carbocycles. The van der Waals surface area contributed by atoms with Gasteiger partial charge in [-0.15, -0.1) is 0 Å². The molecule has 0 aromatic heterocycles. The van der Waals surface area contributed by atoms with Crippen LogP contribution in [0.1, 0.15) is 28.4 Å². The lowest BCUT2D eigenvalue weighted by Crippen LogP contribution is -2.15. The van der Waals surface area contributed by atoms with Crippen LogP contribution in [0.5, 0.6) is 0 Å². The Balaban J connectivity index is 2.24. The Bertz CT molecular complexity index is 731. The molecule has 0 saturated heterocycles. The summed E-state index contributed by atoms with van der Waals surface area (Å²) in [7, 11) is -3.51. The van der Waals surface area contributed by atoms with Crippen molar-refractivity contribution in [2.45, 2.75) is 31.8 Å². The minimum atomic E-state index is -3.51. The van der Waals surface area contributed by atoms with E-state index in [0.29, 0.717) is 5.56 Å². The van der Waals surface area contributed by atoms with Gasteiger partial charge in [-0.1, -0.05) is 35.9 Å². The fraction of sp³-hybridized carbons (Fsp3) is 0.294. The Kier molecular flexibility index (Phi) is 4.49. The van der Waals surface area contributed by atoms with Crippen molar-refractivity contribution in [1.29, 1.82) is 0 Å². The molecule has 0 aliphatic heterocycles.